The van der Waals surface area contributed by atoms with Gasteiger partial charge in [-0.05, 0) is 19.1 Å². The molecule has 0 unspecified atom stereocenters. The first-order valence-corrected chi connectivity index (χ1v) is 8.24. The Morgan fingerprint density at radius 1 is 1.04 bits per heavy atom. The van der Waals surface area contributed by atoms with E-state index in [0.717, 1.165) is 26.4 Å². The molecule has 0 saturated carbocycles. The van der Waals surface area contributed by atoms with Crippen molar-refractivity contribution in [3.05, 3.63) is 36.0 Å². The van der Waals surface area contributed by atoms with Crippen LogP contribution in [0.5, 0.6) is 0 Å². The van der Waals surface area contributed by atoms with E-state index >= 15 is 0 Å². The average Bonchev–Trinajstić information content (AvgIpc) is 3.19. The third kappa shape index (κ3) is 2.45. The molecule has 4 aromatic heterocycles. The van der Waals surface area contributed by atoms with Gasteiger partial charge in [-0.2, -0.15) is 22.8 Å². The molecule has 0 radical (unpaired) electrons. The number of thiazole rings is 1. The van der Waals surface area contributed by atoms with Gasteiger partial charge in [0.25, 0.3) is 5.82 Å². The summed E-state index contributed by atoms with van der Waals surface area (Å²) in [6, 6.07) is 3.64. The van der Waals surface area contributed by atoms with E-state index in [1.165, 1.54) is 11.3 Å². The summed E-state index contributed by atoms with van der Waals surface area (Å²) >= 11 is 2.41. The molecule has 6 nitrogen and oxygen atoms in total. The zero-order chi connectivity index (χ0) is 16.9. The van der Waals surface area contributed by atoms with Gasteiger partial charge in [0, 0.05) is 18.0 Å². The fraction of sp³-hybridized carbons (Fsp3) is 0.154. The third-order valence-corrected chi connectivity index (χ3v) is 5.42. The van der Waals surface area contributed by atoms with Crippen LogP contribution >= 0.6 is 22.7 Å². The highest BCUT2D eigenvalue weighted by molar-refractivity contribution is 7.25. The van der Waals surface area contributed by atoms with Gasteiger partial charge in [0.1, 0.15) is 5.01 Å². The lowest BCUT2D eigenvalue weighted by atomic mass is 10.3. The highest BCUT2D eigenvalue weighted by atomic mass is 32.1. The molecule has 0 N–H and O–H groups in total. The lowest BCUT2D eigenvalue weighted by Gasteiger charge is -1.99. The number of fused-ring (bicyclic) bond motifs is 1. The third-order valence-electron chi connectivity index (χ3n) is 3.16. The number of aryl methyl sites for hydroxylation is 1. The van der Waals surface area contributed by atoms with Crippen molar-refractivity contribution in [3.63, 3.8) is 0 Å². The zero-order valence-corrected chi connectivity index (χ0v) is 13.6. The molecular formula is C13H7F3N6S2. The minimum Gasteiger partial charge on any atom is -0.265 e. The van der Waals surface area contributed by atoms with Crippen molar-refractivity contribution in [1.82, 2.24) is 29.8 Å². The maximum Gasteiger partial charge on any atom is 0.453 e. The summed E-state index contributed by atoms with van der Waals surface area (Å²) in [6.07, 6.45) is -1.29. The Labute approximate surface area is 140 Å². The Kier molecular flexibility index (Phi) is 3.35. The van der Waals surface area contributed by atoms with Gasteiger partial charge in [-0.1, -0.05) is 11.3 Å². The van der Waals surface area contributed by atoms with E-state index in [-0.39, 0.29) is 4.96 Å². The monoisotopic (exact) mass is 368 g/mol. The van der Waals surface area contributed by atoms with Crippen LogP contribution in [0.4, 0.5) is 13.2 Å². The summed E-state index contributed by atoms with van der Waals surface area (Å²) in [5, 5.41) is 11.9. The van der Waals surface area contributed by atoms with E-state index in [1.54, 1.807) is 19.3 Å². The van der Waals surface area contributed by atoms with Crippen LogP contribution in [0.25, 0.3) is 25.4 Å². The number of pyridine rings is 1. The molecule has 122 valence electrons. The van der Waals surface area contributed by atoms with Gasteiger partial charge < -0.3 is 0 Å². The summed E-state index contributed by atoms with van der Waals surface area (Å²) < 4.78 is 39.4. The van der Waals surface area contributed by atoms with Crippen LogP contribution in [0.1, 0.15) is 11.5 Å². The summed E-state index contributed by atoms with van der Waals surface area (Å²) in [5.74, 6) is -1.13. The van der Waals surface area contributed by atoms with Gasteiger partial charge in [0.2, 0.25) is 4.96 Å². The largest absolute Gasteiger partial charge is 0.453 e. The molecule has 4 aromatic rings. The Morgan fingerprint density at radius 3 is 2.50 bits per heavy atom. The first-order chi connectivity index (χ1) is 11.4. The molecule has 4 rings (SSSR count). The number of rotatable bonds is 2. The quantitative estimate of drug-likeness (QED) is 0.540. The van der Waals surface area contributed by atoms with Crippen molar-refractivity contribution in [2.45, 2.75) is 13.1 Å². The number of aromatic nitrogens is 6. The molecule has 0 saturated heterocycles. The predicted molar refractivity (Wildman–Crippen MR) is 82.7 cm³/mol. The van der Waals surface area contributed by atoms with Gasteiger partial charge >= 0.3 is 6.18 Å². The predicted octanol–water partition coefficient (Wildman–Crippen LogP) is 3.70. The van der Waals surface area contributed by atoms with Crippen molar-refractivity contribution in [1.29, 1.82) is 0 Å². The number of hydrogen-bond donors (Lipinski definition) is 0. The molecule has 0 aliphatic rings. The fourth-order valence-corrected chi connectivity index (χ4v) is 4.13. The SMILES string of the molecule is Cc1nc(-c2ccncc2)sc1-c1nn2c(C(F)(F)F)nnc2s1. The van der Waals surface area contributed by atoms with Crippen LogP contribution in [-0.2, 0) is 6.18 Å². The smallest absolute Gasteiger partial charge is 0.265 e. The lowest BCUT2D eigenvalue weighted by molar-refractivity contribution is -0.146. The minimum atomic E-state index is -4.60. The number of alkyl halides is 3. The molecule has 24 heavy (non-hydrogen) atoms. The van der Waals surface area contributed by atoms with E-state index < -0.39 is 12.0 Å². The number of hydrogen-bond acceptors (Lipinski definition) is 7. The second-order valence-corrected chi connectivity index (χ2v) is 6.75. The topological polar surface area (TPSA) is 68.9 Å². The molecule has 0 bridgehead atoms. The van der Waals surface area contributed by atoms with E-state index in [9.17, 15) is 13.2 Å². The highest BCUT2D eigenvalue weighted by Crippen LogP contribution is 2.38. The normalized spacial score (nSPS) is 12.2. The minimum absolute atomic E-state index is 0.0931. The van der Waals surface area contributed by atoms with Crippen molar-refractivity contribution in [2.75, 3.05) is 0 Å². The Bertz CT molecular complexity index is 1020. The molecule has 0 aromatic carbocycles. The van der Waals surface area contributed by atoms with Crippen molar-refractivity contribution < 1.29 is 13.2 Å². The Morgan fingerprint density at radius 2 is 1.79 bits per heavy atom. The van der Waals surface area contributed by atoms with Gasteiger partial charge in [-0.3, -0.25) is 4.98 Å². The molecule has 4 heterocycles. The van der Waals surface area contributed by atoms with Gasteiger partial charge in [0.15, 0.2) is 5.01 Å². The van der Waals surface area contributed by atoms with Crippen LogP contribution in [0.15, 0.2) is 24.5 Å². The Balaban J connectivity index is 1.81. The summed E-state index contributed by atoms with van der Waals surface area (Å²) in [5.41, 5.74) is 1.59. The summed E-state index contributed by atoms with van der Waals surface area (Å²) in [4.78, 5) is 9.23. The molecule has 0 atom stereocenters. The first-order valence-electron chi connectivity index (χ1n) is 6.61. The second kappa shape index (κ2) is 5.31. The maximum absolute atomic E-state index is 12.9. The molecule has 0 spiro atoms. The number of nitrogens with zero attached hydrogens (tertiary/aromatic N) is 6. The fourth-order valence-electron chi connectivity index (χ4n) is 2.10. The van der Waals surface area contributed by atoms with E-state index in [2.05, 4.69) is 25.3 Å². The van der Waals surface area contributed by atoms with Crippen LogP contribution < -0.4 is 0 Å². The van der Waals surface area contributed by atoms with E-state index in [4.69, 9.17) is 0 Å². The van der Waals surface area contributed by atoms with Crippen molar-refractivity contribution >= 4 is 27.6 Å². The average molecular weight is 368 g/mol. The number of halogens is 3. The molecule has 0 fully saturated rings. The highest BCUT2D eigenvalue weighted by Gasteiger charge is 2.38. The Hall–Kier alpha value is -2.40. The van der Waals surface area contributed by atoms with E-state index in [1.807, 2.05) is 12.1 Å². The maximum atomic E-state index is 12.9. The first kappa shape index (κ1) is 15.1. The van der Waals surface area contributed by atoms with Gasteiger partial charge in [-0.15, -0.1) is 21.5 Å². The van der Waals surface area contributed by atoms with Gasteiger partial charge in [-0.25, -0.2) is 4.98 Å². The molecule has 11 heteroatoms. The van der Waals surface area contributed by atoms with Crippen LogP contribution in [0, 0.1) is 6.92 Å². The van der Waals surface area contributed by atoms with Crippen LogP contribution in [0.3, 0.4) is 0 Å². The standard InChI is InChI=1S/C13H7F3N6S2/c1-6-8(23-9(18-6)7-2-4-17-5-3-7)10-21-22-11(13(14,15)16)19-20-12(22)24-10/h2-5H,1H3. The molecule has 0 aliphatic heterocycles. The molecule has 0 aliphatic carbocycles. The zero-order valence-electron chi connectivity index (χ0n) is 11.9. The van der Waals surface area contributed by atoms with Crippen LogP contribution in [-0.4, -0.2) is 29.8 Å². The van der Waals surface area contributed by atoms with Crippen molar-refractivity contribution in [2.24, 2.45) is 0 Å². The summed E-state index contributed by atoms with van der Waals surface area (Å²) in [7, 11) is 0. The molecule has 0 amide bonds. The van der Waals surface area contributed by atoms with Gasteiger partial charge in [0.05, 0.1) is 10.6 Å². The lowest BCUT2D eigenvalue weighted by Crippen LogP contribution is -2.11. The summed E-state index contributed by atoms with van der Waals surface area (Å²) in [6.45, 7) is 1.80. The van der Waals surface area contributed by atoms with Crippen LogP contribution in [0.2, 0.25) is 0 Å². The van der Waals surface area contributed by atoms with E-state index in [0.29, 0.717) is 15.6 Å². The second-order valence-electron chi connectivity index (χ2n) is 4.79. The molecular weight excluding hydrogens is 361 g/mol. The van der Waals surface area contributed by atoms with Crippen molar-refractivity contribution in [3.8, 4) is 20.5 Å².